The second-order valence-electron chi connectivity index (χ2n) is 4.00. The van der Waals surface area contributed by atoms with Crippen molar-refractivity contribution in [1.29, 1.82) is 0 Å². The Labute approximate surface area is 132 Å². The van der Waals surface area contributed by atoms with Crippen molar-refractivity contribution in [3.63, 3.8) is 0 Å². The van der Waals surface area contributed by atoms with Gasteiger partial charge in [0.05, 0.1) is 5.56 Å². The van der Waals surface area contributed by atoms with Crippen molar-refractivity contribution < 1.29 is 16.4 Å². The highest BCUT2D eigenvalue weighted by atomic mass is 35.5. The van der Waals surface area contributed by atoms with Gasteiger partial charge in [0.1, 0.15) is 17.2 Å². The lowest BCUT2D eigenvalue weighted by Gasteiger charge is -1.98. The summed E-state index contributed by atoms with van der Waals surface area (Å²) in [6.45, 7) is 0. The molecule has 2 N–H and O–H groups in total. The summed E-state index contributed by atoms with van der Waals surface area (Å²) in [5, 5.41) is 1.25. The number of aromatic nitrogens is 2. The van der Waals surface area contributed by atoms with Crippen LogP contribution >= 0.6 is 23.1 Å². The lowest BCUT2D eigenvalue weighted by Crippen LogP contribution is -3.00. The third-order valence-corrected chi connectivity index (χ3v) is 3.78. The van der Waals surface area contributed by atoms with E-state index in [2.05, 4.69) is 4.98 Å². The highest BCUT2D eigenvalue weighted by Crippen LogP contribution is 2.20. The number of benzene rings is 2. The normalized spacial score (nSPS) is 10.1. The molecule has 3 nitrogen and oxygen atoms in total. The van der Waals surface area contributed by atoms with Crippen LogP contribution in [0.3, 0.4) is 0 Å². The Balaban J connectivity index is 0.00000147. The average Bonchev–Trinajstić information content (AvgIpc) is 2.83. The Morgan fingerprint density at radius 3 is 2.30 bits per heavy atom. The van der Waals surface area contributed by atoms with Gasteiger partial charge in [0.25, 0.3) is 0 Å². The Hall–Kier alpha value is -1.62. The van der Waals surface area contributed by atoms with E-state index in [4.69, 9.17) is 17.3 Å². The predicted molar refractivity (Wildman–Crippen MR) is 78.5 cm³/mol. The number of nitrogens with zero attached hydrogens (tertiary/aromatic N) is 2. The molecular weight excluding hydrogens is 313 g/mol. The maximum atomic E-state index is 5.91. The van der Waals surface area contributed by atoms with Crippen LogP contribution in [0.5, 0.6) is 0 Å². The number of nitrogens with two attached hydrogens (primary N) is 1. The van der Waals surface area contributed by atoms with Gasteiger partial charge in [-0.05, 0) is 41.4 Å². The van der Waals surface area contributed by atoms with Crippen molar-refractivity contribution in [2.75, 3.05) is 5.73 Å². The molecule has 0 amide bonds. The first-order valence-corrected chi connectivity index (χ1v) is 6.89. The molecule has 2 aromatic carbocycles. The van der Waals surface area contributed by atoms with E-state index in [0.717, 1.165) is 17.1 Å². The number of rotatable bonds is 2. The van der Waals surface area contributed by atoms with Crippen molar-refractivity contribution in [2.45, 2.75) is 0 Å². The lowest BCUT2D eigenvalue weighted by molar-refractivity contribution is -0.509. The van der Waals surface area contributed by atoms with Gasteiger partial charge in [-0.1, -0.05) is 29.8 Å². The predicted octanol–water partition coefficient (Wildman–Crippen LogP) is 0.326. The van der Waals surface area contributed by atoms with Gasteiger partial charge in [0, 0.05) is 5.02 Å². The first-order valence-electron chi connectivity index (χ1n) is 5.74. The molecule has 0 aliphatic carbocycles. The molecule has 0 spiro atoms. The van der Waals surface area contributed by atoms with Crippen molar-refractivity contribution >= 4 is 28.3 Å². The molecule has 102 valence electrons. The van der Waals surface area contributed by atoms with E-state index < -0.39 is 0 Å². The number of nitrogen functional groups attached to an aromatic ring is 1. The van der Waals surface area contributed by atoms with Gasteiger partial charge in [0.2, 0.25) is 0 Å². The fraction of sp³-hybridized carbons (Fsp3) is 0. The summed E-state index contributed by atoms with van der Waals surface area (Å²) < 4.78 is 2.00. The van der Waals surface area contributed by atoms with Gasteiger partial charge in [-0.3, -0.25) is 0 Å². The van der Waals surface area contributed by atoms with E-state index in [0.29, 0.717) is 10.2 Å². The van der Waals surface area contributed by atoms with E-state index in [9.17, 15) is 0 Å². The molecule has 0 unspecified atom stereocenters. The van der Waals surface area contributed by atoms with Crippen LogP contribution in [0.1, 0.15) is 0 Å². The Kier molecular flexibility index (Phi) is 4.60. The number of hydrogen-bond acceptors (Lipinski definition) is 3. The summed E-state index contributed by atoms with van der Waals surface area (Å²) in [6.07, 6.45) is 0. The van der Waals surface area contributed by atoms with E-state index in [-0.39, 0.29) is 12.4 Å². The minimum atomic E-state index is 0. The largest absolute Gasteiger partial charge is 1.00 e. The number of anilines is 1. The summed E-state index contributed by atoms with van der Waals surface area (Å²) >= 11 is 7.32. The molecular formula is C14H11Cl2N3S. The zero-order valence-corrected chi connectivity index (χ0v) is 12.7. The van der Waals surface area contributed by atoms with E-state index in [1.165, 1.54) is 11.5 Å². The van der Waals surface area contributed by atoms with Crippen LogP contribution in [0, 0.1) is 0 Å². The van der Waals surface area contributed by atoms with Crippen molar-refractivity contribution in [2.24, 2.45) is 0 Å². The standard InChI is InChI=1S/C14H10ClN3S.ClH/c15-11-6-8-12(9-7-11)18-13(17-14(16)19-18)10-4-2-1-3-5-10;/h1-9,16H;1H. The molecule has 0 atom stereocenters. The summed E-state index contributed by atoms with van der Waals surface area (Å²) in [4.78, 5) is 4.41. The van der Waals surface area contributed by atoms with Crippen LogP contribution in [-0.2, 0) is 0 Å². The molecule has 1 aromatic heterocycles. The average molecular weight is 324 g/mol. The number of halogens is 2. The van der Waals surface area contributed by atoms with Crippen LogP contribution in [0.25, 0.3) is 17.1 Å². The molecule has 6 heteroatoms. The Morgan fingerprint density at radius 2 is 1.65 bits per heavy atom. The minimum absolute atomic E-state index is 0. The summed E-state index contributed by atoms with van der Waals surface area (Å²) in [6, 6.07) is 17.6. The van der Waals surface area contributed by atoms with Crippen LogP contribution in [0.15, 0.2) is 54.6 Å². The molecule has 0 aliphatic heterocycles. The van der Waals surface area contributed by atoms with Gasteiger partial charge in [-0.25, -0.2) is 0 Å². The summed E-state index contributed by atoms with van der Waals surface area (Å²) in [5.41, 5.74) is 7.87. The van der Waals surface area contributed by atoms with Crippen LogP contribution in [-0.4, -0.2) is 4.98 Å². The highest BCUT2D eigenvalue weighted by Gasteiger charge is 2.22. The van der Waals surface area contributed by atoms with Crippen LogP contribution in [0.4, 0.5) is 5.13 Å². The van der Waals surface area contributed by atoms with Crippen molar-refractivity contribution in [3.8, 4) is 17.1 Å². The molecule has 0 saturated heterocycles. The molecule has 3 aromatic rings. The van der Waals surface area contributed by atoms with Crippen LogP contribution in [0.2, 0.25) is 5.02 Å². The molecule has 0 aliphatic rings. The fourth-order valence-corrected chi connectivity index (χ4v) is 2.73. The van der Waals surface area contributed by atoms with E-state index >= 15 is 0 Å². The second-order valence-corrected chi connectivity index (χ2v) is 5.40. The topological polar surface area (TPSA) is 42.8 Å². The first-order chi connectivity index (χ1) is 9.24. The highest BCUT2D eigenvalue weighted by molar-refractivity contribution is 7.05. The summed E-state index contributed by atoms with van der Waals surface area (Å²) in [7, 11) is 0. The third-order valence-electron chi connectivity index (χ3n) is 2.69. The fourth-order valence-electron chi connectivity index (χ4n) is 1.83. The van der Waals surface area contributed by atoms with Crippen molar-refractivity contribution in [3.05, 3.63) is 59.6 Å². The Bertz CT molecular complexity index is 696. The van der Waals surface area contributed by atoms with Gasteiger partial charge in [0.15, 0.2) is 0 Å². The molecule has 20 heavy (non-hydrogen) atoms. The van der Waals surface area contributed by atoms with E-state index in [1.54, 1.807) is 0 Å². The first kappa shape index (κ1) is 14.8. The smallest absolute Gasteiger partial charge is 0.350 e. The maximum absolute atomic E-state index is 5.91. The molecule has 0 saturated carbocycles. The molecule has 0 bridgehead atoms. The monoisotopic (exact) mass is 323 g/mol. The van der Waals surface area contributed by atoms with E-state index in [1.807, 2.05) is 58.6 Å². The molecule has 0 fully saturated rings. The van der Waals surface area contributed by atoms with Crippen molar-refractivity contribution in [1.82, 2.24) is 4.98 Å². The SMILES string of the molecule is Nc1nc(-c2ccccc2)[n+](-c2ccc(Cl)cc2)s1.[Cl-]. The van der Waals surface area contributed by atoms with Gasteiger partial charge in [-0.2, -0.15) is 0 Å². The quantitative estimate of drug-likeness (QED) is 0.690. The molecule has 3 rings (SSSR count). The number of hydrogen-bond donors (Lipinski definition) is 1. The maximum Gasteiger partial charge on any atom is 0.350 e. The minimum Gasteiger partial charge on any atom is -1.00 e. The Morgan fingerprint density at radius 1 is 1.00 bits per heavy atom. The van der Waals surface area contributed by atoms with Gasteiger partial charge < -0.3 is 18.1 Å². The molecule has 0 radical (unpaired) electrons. The second kappa shape index (κ2) is 6.22. The zero-order valence-electron chi connectivity index (χ0n) is 10.3. The van der Waals surface area contributed by atoms with Crippen LogP contribution < -0.4 is 22.1 Å². The third kappa shape index (κ3) is 2.93. The molecule has 1 heterocycles. The summed E-state index contributed by atoms with van der Waals surface area (Å²) in [5.74, 6) is 0.838. The van der Waals surface area contributed by atoms with Gasteiger partial charge in [-0.15, -0.1) is 3.96 Å². The van der Waals surface area contributed by atoms with Gasteiger partial charge >= 0.3 is 11.0 Å². The zero-order chi connectivity index (χ0) is 13.2. The lowest BCUT2D eigenvalue weighted by atomic mass is 10.2.